The summed E-state index contributed by atoms with van der Waals surface area (Å²) in [5, 5.41) is 0. The van der Waals surface area contributed by atoms with Gasteiger partial charge >= 0.3 is 5.97 Å². The second kappa shape index (κ2) is 5.22. The van der Waals surface area contributed by atoms with Gasteiger partial charge in [0.15, 0.2) is 5.69 Å². The van der Waals surface area contributed by atoms with Crippen molar-refractivity contribution in [3.05, 3.63) is 46.3 Å². The number of nitrogens with zero attached hydrogens (tertiary/aromatic N) is 2. The van der Waals surface area contributed by atoms with E-state index in [2.05, 4.69) is 25.7 Å². The van der Waals surface area contributed by atoms with E-state index in [-0.39, 0.29) is 5.69 Å². The van der Waals surface area contributed by atoms with Crippen LogP contribution in [0.2, 0.25) is 0 Å². The summed E-state index contributed by atoms with van der Waals surface area (Å²) in [6.07, 6.45) is 1.53. The molecule has 2 aromatic rings. The van der Waals surface area contributed by atoms with Crippen LogP contribution in [0.25, 0.3) is 0 Å². The fraction of sp³-hybridized carbons (Fsp3) is 0.167. The molecule has 6 heteroatoms. The maximum Gasteiger partial charge on any atom is 0.360 e. The lowest BCUT2D eigenvalue weighted by atomic mass is 10.2. The fourth-order valence-corrected chi connectivity index (χ4v) is 1.99. The third-order valence-electron chi connectivity index (χ3n) is 2.56. The van der Waals surface area contributed by atoms with E-state index in [1.54, 1.807) is 4.57 Å². The van der Waals surface area contributed by atoms with Gasteiger partial charge in [-0.05, 0) is 11.6 Å². The van der Waals surface area contributed by atoms with Crippen LogP contribution in [0, 0.1) is 0 Å². The number of aromatic nitrogens is 2. The molecule has 0 spiro atoms. The normalized spacial score (nSPS) is 10.3. The number of hydrogen-bond donors (Lipinski definition) is 1. The van der Waals surface area contributed by atoms with Crippen molar-refractivity contribution in [1.29, 1.82) is 0 Å². The summed E-state index contributed by atoms with van der Waals surface area (Å²) in [7, 11) is 1.30. The van der Waals surface area contributed by atoms with Crippen LogP contribution < -0.4 is 5.73 Å². The van der Waals surface area contributed by atoms with Gasteiger partial charge in [-0.25, -0.2) is 9.78 Å². The number of anilines is 1. The smallest absolute Gasteiger partial charge is 0.360 e. The van der Waals surface area contributed by atoms with Gasteiger partial charge in [0, 0.05) is 4.47 Å². The monoisotopic (exact) mass is 309 g/mol. The topological polar surface area (TPSA) is 70.1 Å². The van der Waals surface area contributed by atoms with Gasteiger partial charge < -0.3 is 15.0 Å². The lowest BCUT2D eigenvalue weighted by Gasteiger charge is -2.07. The highest BCUT2D eigenvalue weighted by Crippen LogP contribution is 2.19. The first-order valence-corrected chi connectivity index (χ1v) is 6.05. The molecule has 18 heavy (non-hydrogen) atoms. The van der Waals surface area contributed by atoms with Crippen molar-refractivity contribution in [2.24, 2.45) is 0 Å². The molecule has 0 saturated carbocycles. The number of imidazole rings is 1. The van der Waals surface area contributed by atoms with Crippen LogP contribution in [-0.2, 0) is 11.3 Å². The Morgan fingerprint density at radius 1 is 1.50 bits per heavy atom. The van der Waals surface area contributed by atoms with Crippen LogP contribution in [0.3, 0.4) is 0 Å². The maximum atomic E-state index is 11.4. The molecule has 94 valence electrons. The molecule has 0 saturated heterocycles. The largest absolute Gasteiger partial charge is 0.464 e. The van der Waals surface area contributed by atoms with Crippen molar-refractivity contribution in [2.45, 2.75) is 6.54 Å². The Morgan fingerprint density at radius 2 is 2.22 bits per heavy atom. The number of benzene rings is 1. The number of nitrogens with two attached hydrogens (primary N) is 1. The van der Waals surface area contributed by atoms with Crippen molar-refractivity contribution in [3.63, 3.8) is 0 Å². The van der Waals surface area contributed by atoms with Gasteiger partial charge in [0.1, 0.15) is 5.82 Å². The van der Waals surface area contributed by atoms with Gasteiger partial charge in [-0.15, -0.1) is 0 Å². The Labute approximate surface area is 113 Å². The highest BCUT2D eigenvalue weighted by atomic mass is 79.9. The number of methoxy groups -OCH3 is 1. The molecule has 0 radical (unpaired) electrons. The number of esters is 1. The van der Waals surface area contributed by atoms with E-state index in [1.165, 1.54) is 13.4 Å². The van der Waals surface area contributed by atoms with Gasteiger partial charge in [0.2, 0.25) is 0 Å². The van der Waals surface area contributed by atoms with E-state index >= 15 is 0 Å². The minimum absolute atomic E-state index is 0.143. The second-order valence-corrected chi connectivity index (χ2v) is 4.54. The Balaban J connectivity index is 2.29. The molecule has 0 aliphatic rings. The number of halogens is 1. The van der Waals surface area contributed by atoms with Crippen LogP contribution in [0.1, 0.15) is 16.1 Å². The average molecular weight is 310 g/mol. The molecule has 2 N–H and O–H groups in total. The number of carbonyl (C=O) groups is 1. The third kappa shape index (κ3) is 2.38. The first kappa shape index (κ1) is 12.6. The average Bonchev–Trinajstić information content (AvgIpc) is 2.73. The molecule has 0 aliphatic heterocycles. The molecule has 2 rings (SSSR count). The van der Waals surface area contributed by atoms with Crippen LogP contribution in [-0.4, -0.2) is 22.6 Å². The predicted octanol–water partition coefficient (Wildman–Crippen LogP) is 2.06. The molecule has 1 aromatic heterocycles. The summed E-state index contributed by atoms with van der Waals surface area (Å²) in [6, 6.07) is 7.80. The molecular weight excluding hydrogens is 298 g/mol. The molecule has 5 nitrogen and oxygen atoms in total. The molecule has 1 heterocycles. The Morgan fingerprint density at radius 3 is 2.89 bits per heavy atom. The minimum Gasteiger partial charge on any atom is -0.464 e. The van der Waals surface area contributed by atoms with E-state index in [1.807, 2.05) is 24.3 Å². The summed E-state index contributed by atoms with van der Waals surface area (Å²) >= 11 is 3.46. The zero-order valence-corrected chi connectivity index (χ0v) is 11.3. The lowest BCUT2D eigenvalue weighted by Crippen LogP contribution is -2.09. The van der Waals surface area contributed by atoms with Crippen LogP contribution in [0.15, 0.2) is 35.1 Å². The standard InChI is InChI=1S/C12H12BrN3O2/c1-18-12(17)10-11(14)16(7-15-10)6-8-4-2-3-5-9(8)13/h2-5,7H,6,14H2,1H3. The van der Waals surface area contributed by atoms with E-state index in [9.17, 15) is 4.79 Å². The Bertz CT molecular complexity index is 580. The lowest BCUT2D eigenvalue weighted by molar-refractivity contribution is 0.0596. The summed E-state index contributed by atoms with van der Waals surface area (Å²) in [6.45, 7) is 0.539. The SMILES string of the molecule is COC(=O)c1ncn(Cc2ccccc2Br)c1N. The zero-order chi connectivity index (χ0) is 13.1. The van der Waals surface area contributed by atoms with Gasteiger partial charge in [0.25, 0.3) is 0 Å². The van der Waals surface area contributed by atoms with E-state index in [0.717, 1.165) is 10.0 Å². The molecule has 0 aliphatic carbocycles. The zero-order valence-electron chi connectivity index (χ0n) is 9.76. The van der Waals surface area contributed by atoms with Crippen LogP contribution >= 0.6 is 15.9 Å². The molecule has 0 unspecified atom stereocenters. The first-order chi connectivity index (χ1) is 8.63. The van der Waals surface area contributed by atoms with E-state index in [4.69, 9.17) is 5.73 Å². The summed E-state index contributed by atoms with van der Waals surface area (Å²) in [5.41, 5.74) is 7.06. The highest BCUT2D eigenvalue weighted by molar-refractivity contribution is 9.10. The molecular formula is C12H12BrN3O2. The number of rotatable bonds is 3. The van der Waals surface area contributed by atoms with Crippen molar-refractivity contribution < 1.29 is 9.53 Å². The van der Waals surface area contributed by atoms with E-state index in [0.29, 0.717) is 12.4 Å². The first-order valence-electron chi connectivity index (χ1n) is 5.25. The summed E-state index contributed by atoms with van der Waals surface area (Å²) in [5.74, 6) is -0.226. The third-order valence-corrected chi connectivity index (χ3v) is 3.33. The van der Waals surface area contributed by atoms with E-state index < -0.39 is 5.97 Å². The maximum absolute atomic E-state index is 11.4. The molecule has 0 fully saturated rings. The second-order valence-electron chi connectivity index (χ2n) is 3.69. The Hall–Kier alpha value is -1.82. The number of carbonyl (C=O) groups excluding carboxylic acids is 1. The van der Waals surface area contributed by atoms with Crippen molar-refractivity contribution in [2.75, 3.05) is 12.8 Å². The number of nitrogen functional groups attached to an aromatic ring is 1. The quantitative estimate of drug-likeness (QED) is 0.881. The molecule has 0 amide bonds. The molecule has 1 aromatic carbocycles. The van der Waals surface area contributed by atoms with Crippen LogP contribution in [0.5, 0.6) is 0 Å². The fourth-order valence-electron chi connectivity index (χ4n) is 1.58. The summed E-state index contributed by atoms with van der Waals surface area (Å²) < 4.78 is 7.29. The number of ether oxygens (including phenoxy) is 1. The van der Waals surface area contributed by atoms with Gasteiger partial charge in [-0.3, -0.25) is 0 Å². The van der Waals surface area contributed by atoms with Crippen molar-refractivity contribution >= 4 is 27.7 Å². The molecule has 0 bridgehead atoms. The Kier molecular flexibility index (Phi) is 3.66. The predicted molar refractivity (Wildman–Crippen MR) is 71.2 cm³/mol. The highest BCUT2D eigenvalue weighted by Gasteiger charge is 2.16. The van der Waals surface area contributed by atoms with Crippen LogP contribution in [0.4, 0.5) is 5.82 Å². The van der Waals surface area contributed by atoms with Gasteiger partial charge in [0.05, 0.1) is 20.0 Å². The summed E-state index contributed by atoms with van der Waals surface area (Å²) in [4.78, 5) is 15.3. The van der Waals surface area contributed by atoms with Crippen molar-refractivity contribution in [1.82, 2.24) is 9.55 Å². The van der Waals surface area contributed by atoms with Gasteiger partial charge in [-0.2, -0.15) is 0 Å². The van der Waals surface area contributed by atoms with Crippen molar-refractivity contribution in [3.8, 4) is 0 Å². The minimum atomic E-state index is -0.529. The van der Waals surface area contributed by atoms with Gasteiger partial charge in [-0.1, -0.05) is 34.1 Å². The number of hydrogen-bond acceptors (Lipinski definition) is 4. The molecule has 0 atom stereocenters.